The average molecular weight is 343 g/mol. The number of hydrogen-bond acceptors (Lipinski definition) is 5. The number of pyridine rings is 1. The van der Waals surface area contributed by atoms with E-state index in [1.807, 2.05) is 51.1 Å². The Morgan fingerprint density at radius 3 is 2.60 bits per heavy atom. The Labute approximate surface area is 148 Å². The van der Waals surface area contributed by atoms with Crippen LogP contribution in [0.15, 0.2) is 30.3 Å². The minimum Gasteiger partial charge on any atom is -0.478 e. The molecule has 0 radical (unpaired) electrons. The third kappa shape index (κ3) is 5.03. The molecule has 0 amide bonds. The summed E-state index contributed by atoms with van der Waals surface area (Å²) in [5, 5.41) is 9.43. The van der Waals surface area contributed by atoms with Crippen LogP contribution in [0.1, 0.15) is 37.1 Å². The maximum absolute atomic E-state index is 10.9. The van der Waals surface area contributed by atoms with Gasteiger partial charge in [0.1, 0.15) is 6.10 Å². The quantitative estimate of drug-likeness (QED) is 0.778. The summed E-state index contributed by atoms with van der Waals surface area (Å²) in [5.74, 6) is 0.263. The predicted octanol–water partition coefficient (Wildman–Crippen LogP) is 3.58. The number of aliphatic hydroxyl groups is 1. The van der Waals surface area contributed by atoms with Gasteiger partial charge in [0.05, 0.1) is 13.2 Å². The molecule has 25 heavy (non-hydrogen) atoms. The van der Waals surface area contributed by atoms with E-state index < -0.39 is 0 Å². The van der Waals surface area contributed by atoms with E-state index >= 15 is 0 Å². The number of carbonyl (C=O) groups excluding carboxylic acids is 1. The fourth-order valence-corrected chi connectivity index (χ4v) is 2.72. The Morgan fingerprint density at radius 1 is 1.20 bits per heavy atom. The number of rotatable bonds is 7. The van der Waals surface area contributed by atoms with Gasteiger partial charge in [-0.25, -0.2) is 4.98 Å². The van der Waals surface area contributed by atoms with Crippen LogP contribution in [0.3, 0.4) is 0 Å². The second-order valence-electron chi connectivity index (χ2n) is 6.09. The molecule has 5 heteroatoms. The summed E-state index contributed by atoms with van der Waals surface area (Å²) in [6.45, 7) is 7.63. The van der Waals surface area contributed by atoms with Crippen molar-refractivity contribution in [1.29, 1.82) is 0 Å². The first-order chi connectivity index (χ1) is 11.9. The number of benzene rings is 1. The SMILES string of the molecule is CC(=O)O[C@@H](C)CCOc1ccc(-c2cccc(CO)c2C)c(C)n1. The van der Waals surface area contributed by atoms with Crippen molar-refractivity contribution in [2.45, 2.75) is 46.8 Å². The summed E-state index contributed by atoms with van der Waals surface area (Å²) < 4.78 is 10.7. The second-order valence-corrected chi connectivity index (χ2v) is 6.09. The smallest absolute Gasteiger partial charge is 0.302 e. The van der Waals surface area contributed by atoms with Gasteiger partial charge in [0, 0.05) is 30.7 Å². The Balaban J connectivity index is 2.07. The maximum atomic E-state index is 10.9. The van der Waals surface area contributed by atoms with Crippen molar-refractivity contribution >= 4 is 5.97 Å². The molecule has 2 aromatic rings. The van der Waals surface area contributed by atoms with Crippen molar-refractivity contribution in [3.8, 4) is 17.0 Å². The van der Waals surface area contributed by atoms with Gasteiger partial charge in [-0.05, 0) is 43.5 Å². The van der Waals surface area contributed by atoms with Crippen LogP contribution >= 0.6 is 0 Å². The number of aryl methyl sites for hydroxylation is 1. The van der Waals surface area contributed by atoms with E-state index in [4.69, 9.17) is 9.47 Å². The number of ether oxygens (including phenoxy) is 2. The lowest BCUT2D eigenvalue weighted by molar-refractivity contribution is -0.145. The zero-order valence-corrected chi connectivity index (χ0v) is 15.2. The zero-order valence-electron chi connectivity index (χ0n) is 15.2. The summed E-state index contributed by atoms with van der Waals surface area (Å²) in [4.78, 5) is 15.4. The van der Waals surface area contributed by atoms with Gasteiger partial charge in [0.2, 0.25) is 5.88 Å². The summed E-state index contributed by atoms with van der Waals surface area (Å²) in [6, 6.07) is 9.71. The standard InChI is InChI=1S/C20H25NO4/c1-13(25-16(4)23)10-11-24-20-9-8-19(15(3)21-20)18-7-5-6-17(12-22)14(18)2/h5-9,13,22H,10-12H2,1-4H3/t13-/m0/s1. The van der Waals surface area contributed by atoms with Crippen LogP contribution in [0, 0.1) is 13.8 Å². The van der Waals surface area contributed by atoms with E-state index in [-0.39, 0.29) is 18.7 Å². The van der Waals surface area contributed by atoms with Crippen LogP contribution in [-0.4, -0.2) is 28.8 Å². The minimum atomic E-state index is -0.286. The fraction of sp³-hybridized carbons (Fsp3) is 0.400. The Morgan fingerprint density at radius 2 is 1.96 bits per heavy atom. The molecule has 5 nitrogen and oxygen atoms in total. The lowest BCUT2D eigenvalue weighted by Crippen LogP contribution is -2.15. The highest BCUT2D eigenvalue weighted by Crippen LogP contribution is 2.29. The molecule has 0 saturated carbocycles. The number of hydrogen-bond donors (Lipinski definition) is 1. The van der Waals surface area contributed by atoms with Gasteiger partial charge in [-0.2, -0.15) is 0 Å². The number of aromatic nitrogens is 1. The van der Waals surface area contributed by atoms with E-state index in [1.165, 1.54) is 6.92 Å². The van der Waals surface area contributed by atoms with Crippen LogP contribution < -0.4 is 4.74 Å². The first kappa shape index (κ1) is 18.9. The van der Waals surface area contributed by atoms with Crippen LogP contribution in [0.25, 0.3) is 11.1 Å². The van der Waals surface area contributed by atoms with Gasteiger partial charge >= 0.3 is 5.97 Å². The second kappa shape index (κ2) is 8.62. The summed E-state index contributed by atoms with van der Waals surface area (Å²) in [6.07, 6.45) is 0.432. The molecule has 1 N–H and O–H groups in total. The van der Waals surface area contributed by atoms with E-state index in [0.717, 1.165) is 27.9 Å². The van der Waals surface area contributed by atoms with E-state index in [2.05, 4.69) is 4.98 Å². The summed E-state index contributed by atoms with van der Waals surface area (Å²) >= 11 is 0. The number of aliphatic hydroxyl groups excluding tert-OH is 1. The first-order valence-corrected chi connectivity index (χ1v) is 8.39. The molecule has 1 atom stereocenters. The van der Waals surface area contributed by atoms with Crippen LogP contribution in [-0.2, 0) is 16.1 Å². The van der Waals surface area contributed by atoms with Crippen LogP contribution in [0.5, 0.6) is 5.88 Å². The van der Waals surface area contributed by atoms with Crippen LogP contribution in [0.4, 0.5) is 0 Å². The molecule has 0 spiro atoms. The van der Waals surface area contributed by atoms with Crippen molar-refractivity contribution in [3.63, 3.8) is 0 Å². The van der Waals surface area contributed by atoms with E-state index in [0.29, 0.717) is 18.9 Å². The van der Waals surface area contributed by atoms with E-state index in [9.17, 15) is 9.90 Å². The first-order valence-electron chi connectivity index (χ1n) is 8.39. The molecule has 0 aliphatic heterocycles. The molecular weight excluding hydrogens is 318 g/mol. The van der Waals surface area contributed by atoms with Crippen LogP contribution in [0.2, 0.25) is 0 Å². The molecule has 0 bridgehead atoms. The average Bonchev–Trinajstić information content (AvgIpc) is 2.55. The number of esters is 1. The molecular formula is C20H25NO4. The molecule has 1 heterocycles. The summed E-state index contributed by atoms with van der Waals surface area (Å²) in [5.41, 5.74) is 4.92. The fourth-order valence-electron chi connectivity index (χ4n) is 2.72. The maximum Gasteiger partial charge on any atom is 0.302 e. The molecule has 0 fully saturated rings. The van der Waals surface area contributed by atoms with Crippen molar-refractivity contribution in [2.24, 2.45) is 0 Å². The topological polar surface area (TPSA) is 68.7 Å². The largest absolute Gasteiger partial charge is 0.478 e. The zero-order chi connectivity index (χ0) is 18.4. The van der Waals surface area contributed by atoms with Gasteiger partial charge in [0.25, 0.3) is 0 Å². The molecule has 2 rings (SSSR count). The summed E-state index contributed by atoms with van der Waals surface area (Å²) in [7, 11) is 0. The lowest BCUT2D eigenvalue weighted by Gasteiger charge is -2.14. The predicted molar refractivity (Wildman–Crippen MR) is 96.4 cm³/mol. The molecule has 0 aliphatic carbocycles. The van der Waals surface area contributed by atoms with Gasteiger partial charge < -0.3 is 14.6 Å². The highest BCUT2D eigenvalue weighted by atomic mass is 16.5. The molecule has 0 aliphatic rings. The van der Waals surface area contributed by atoms with E-state index in [1.54, 1.807) is 0 Å². The highest BCUT2D eigenvalue weighted by Gasteiger charge is 2.11. The molecule has 0 saturated heterocycles. The van der Waals surface area contributed by atoms with Gasteiger partial charge in [-0.1, -0.05) is 18.2 Å². The molecule has 134 valence electrons. The number of nitrogens with zero attached hydrogens (tertiary/aromatic N) is 1. The minimum absolute atomic E-state index is 0.0217. The van der Waals surface area contributed by atoms with Crippen molar-refractivity contribution < 1.29 is 19.4 Å². The molecule has 1 aromatic heterocycles. The van der Waals surface area contributed by atoms with Crippen molar-refractivity contribution in [3.05, 3.63) is 47.2 Å². The van der Waals surface area contributed by atoms with Gasteiger partial charge in [0.15, 0.2) is 0 Å². The third-order valence-electron chi connectivity index (χ3n) is 4.11. The van der Waals surface area contributed by atoms with Crippen molar-refractivity contribution in [2.75, 3.05) is 6.61 Å². The van der Waals surface area contributed by atoms with Crippen molar-refractivity contribution in [1.82, 2.24) is 4.98 Å². The Kier molecular flexibility index (Phi) is 6.53. The van der Waals surface area contributed by atoms with Gasteiger partial charge in [-0.3, -0.25) is 4.79 Å². The lowest BCUT2D eigenvalue weighted by atomic mass is 9.96. The third-order valence-corrected chi connectivity index (χ3v) is 4.11. The highest BCUT2D eigenvalue weighted by molar-refractivity contribution is 5.70. The monoisotopic (exact) mass is 343 g/mol. The Bertz CT molecular complexity index is 742. The normalized spacial score (nSPS) is 11.9. The van der Waals surface area contributed by atoms with Gasteiger partial charge in [-0.15, -0.1) is 0 Å². The number of carbonyl (C=O) groups is 1. The molecule has 1 aromatic carbocycles. The Hall–Kier alpha value is -2.40. The molecule has 0 unspecified atom stereocenters.